The molecule has 2 unspecified atom stereocenters. The highest BCUT2D eigenvalue weighted by atomic mass is 35.5. The Morgan fingerprint density at radius 1 is 1.00 bits per heavy atom. The van der Waals surface area contributed by atoms with Crippen molar-refractivity contribution in [2.75, 3.05) is 6.61 Å². The number of benzene rings is 3. The largest absolute Gasteiger partial charge is 0.493 e. The molecular formula is C24H20ClFO3. The molecule has 3 aromatic rings. The Bertz CT molecular complexity index is 1020. The third-order valence-corrected chi connectivity index (χ3v) is 5.31. The Morgan fingerprint density at radius 3 is 2.31 bits per heavy atom. The number of hydrogen-bond acceptors (Lipinski definition) is 3. The maximum atomic E-state index is 14.4. The van der Waals surface area contributed by atoms with Gasteiger partial charge in [-0.2, -0.15) is 0 Å². The van der Waals surface area contributed by atoms with Gasteiger partial charge in [0.05, 0.1) is 6.61 Å². The first kappa shape index (κ1) is 19.5. The predicted octanol–water partition coefficient (Wildman–Crippen LogP) is 6.54. The van der Waals surface area contributed by atoms with Crippen LogP contribution >= 0.6 is 11.6 Å². The van der Waals surface area contributed by atoms with E-state index < -0.39 is 0 Å². The Kier molecular flexibility index (Phi) is 5.54. The van der Waals surface area contributed by atoms with Gasteiger partial charge in [0.15, 0.2) is 0 Å². The van der Waals surface area contributed by atoms with Gasteiger partial charge in [-0.3, -0.25) is 4.79 Å². The van der Waals surface area contributed by atoms with Crippen LogP contribution in [0, 0.1) is 17.7 Å². The lowest BCUT2D eigenvalue weighted by Gasteiger charge is -2.10. The average molecular weight is 411 g/mol. The number of carbonyl (C=O) groups excluding carboxylic acids is 1. The summed E-state index contributed by atoms with van der Waals surface area (Å²) in [6.45, 7) is 2.15. The normalized spacial score (nSPS) is 17.6. The molecule has 4 rings (SSSR count). The molecule has 1 fully saturated rings. The van der Waals surface area contributed by atoms with Crippen LogP contribution in [0.4, 0.5) is 4.39 Å². The van der Waals surface area contributed by atoms with Crippen LogP contribution in [-0.2, 0) is 4.79 Å². The van der Waals surface area contributed by atoms with Crippen molar-refractivity contribution in [2.45, 2.75) is 13.3 Å². The fourth-order valence-electron chi connectivity index (χ4n) is 3.29. The molecule has 1 aliphatic rings. The molecule has 29 heavy (non-hydrogen) atoms. The van der Waals surface area contributed by atoms with Crippen LogP contribution in [0.2, 0.25) is 5.02 Å². The second-order valence-corrected chi connectivity index (χ2v) is 7.68. The van der Waals surface area contributed by atoms with Crippen molar-refractivity contribution in [1.29, 1.82) is 0 Å². The van der Waals surface area contributed by atoms with Gasteiger partial charge in [-0.25, -0.2) is 4.39 Å². The summed E-state index contributed by atoms with van der Waals surface area (Å²) in [5.41, 5.74) is 1.17. The molecule has 3 nitrogen and oxygen atoms in total. The molecule has 0 amide bonds. The summed E-state index contributed by atoms with van der Waals surface area (Å²) >= 11 is 5.89. The molecular weight excluding hydrogens is 391 g/mol. The molecule has 1 aliphatic carbocycles. The molecule has 0 heterocycles. The van der Waals surface area contributed by atoms with Crippen molar-refractivity contribution in [3.63, 3.8) is 0 Å². The summed E-state index contributed by atoms with van der Waals surface area (Å²) < 4.78 is 26.0. The highest BCUT2D eigenvalue weighted by Gasteiger charge is 2.41. The lowest BCUT2D eigenvalue weighted by molar-refractivity contribution is -0.118. The fraction of sp³-hybridized carbons (Fsp3) is 0.208. The van der Waals surface area contributed by atoms with Gasteiger partial charge >= 0.3 is 0 Å². The number of halogens is 2. The highest BCUT2D eigenvalue weighted by Crippen LogP contribution is 2.39. The van der Waals surface area contributed by atoms with Gasteiger partial charge in [0.25, 0.3) is 0 Å². The summed E-state index contributed by atoms with van der Waals surface area (Å²) in [6, 6.07) is 18.9. The lowest BCUT2D eigenvalue weighted by Crippen LogP contribution is -2.04. The summed E-state index contributed by atoms with van der Waals surface area (Å²) in [5.74, 6) is 2.22. The zero-order valence-electron chi connectivity index (χ0n) is 15.9. The van der Waals surface area contributed by atoms with Crippen molar-refractivity contribution < 1.29 is 18.7 Å². The van der Waals surface area contributed by atoms with E-state index in [2.05, 4.69) is 0 Å². The van der Waals surface area contributed by atoms with E-state index in [1.807, 2.05) is 24.3 Å². The minimum atomic E-state index is -0.329. The highest BCUT2D eigenvalue weighted by molar-refractivity contribution is 6.30. The molecule has 0 bridgehead atoms. The van der Waals surface area contributed by atoms with Gasteiger partial charge in [-0.1, -0.05) is 23.7 Å². The SMILES string of the molecule is CC(=O)C1CC1COc1ccc(-c2cc(Oc3ccc(Cl)cc3)ccc2F)cc1. The van der Waals surface area contributed by atoms with Crippen molar-refractivity contribution in [3.05, 3.63) is 77.6 Å². The fourth-order valence-corrected chi connectivity index (χ4v) is 3.42. The average Bonchev–Trinajstić information content (AvgIpc) is 3.50. The molecule has 0 N–H and O–H groups in total. The Labute approximate surface area is 174 Å². The second kappa shape index (κ2) is 8.26. The number of ketones is 1. The number of hydrogen-bond donors (Lipinski definition) is 0. The van der Waals surface area contributed by atoms with E-state index in [9.17, 15) is 9.18 Å². The van der Waals surface area contributed by atoms with E-state index in [0.717, 1.165) is 12.0 Å². The first-order chi connectivity index (χ1) is 14.0. The van der Waals surface area contributed by atoms with Gasteiger partial charge in [0.1, 0.15) is 28.8 Å². The second-order valence-electron chi connectivity index (χ2n) is 7.25. The van der Waals surface area contributed by atoms with Crippen molar-refractivity contribution >= 4 is 17.4 Å². The zero-order valence-corrected chi connectivity index (χ0v) is 16.7. The summed E-state index contributed by atoms with van der Waals surface area (Å²) in [6.07, 6.45) is 0.902. The van der Waals surface area contributed by atoms with Crippen LogP contribution in [-0.4, -0.2) is 12.4 Å². The molecule has 1 saturated carbocycles. The first-order valence-corrected chi connectivity index (χ1v) is 9.84. The standard InChI is InChI=1S/C24H20ClFO3/c1-15(27)22-12-17(22)14-28-19-6-2-16(3-7-19)23-13-21(10-11-24(23)26)29-20-8-4-18(25)5-9-20/h2-11,13,17,22H,12,14H2,1H3. The van der Waals surface area contributed by atoms with E-state index in [1.54, 1.807) is 43.3 Å². The zero-order chi connectivity index (χ0) is 20.4. The molecule has 2 atom stereocenters. The maximum absolute atomic E-state index is 14.4. The van der Waals surface area contributed by atoms with Crippen molar-refractivity contribution in [3.8, 4) is 28.4 Å². The molecule has 0 aromatic heterocycles. The first-order valence-electron chi connectivity index (χ1n) is 9.46. The molecule has 148 valence electrons. The smallest absolute Gasteiger partial charge is 0.133 e. The van der Waals surface area contributed by atoms with Crippen LogP contribution in [0.1, 0.15) is 13.3 Å². The third kappa shape index (κ3) is 4.77. The minimum absolute atomic E-state index is 0.145. The van der Waals surface area contributed by atoms with Gasteiger partial charge in [0.2, 0.25) is 0 Å². The van der Waals surface area contributed by atoms with Crippen LogP contribution in [0.5, 0.6) is 17.2 Å². The molecule has 0 aliphatic heterocycles. The van der Waals surface area contributed by atoms with Crippen LogP contribution in [0.15, 0.2) is 66.7 Å². The van der Waals surface area contributed by atoms with Gasteiger partial charge < -0.3 is 9.47 Å². The molecule has 3 aromatic carbocycles. The Morgan fingerprint density at radius 2 is 1.66 bits per heavy atom. The summed E-state index contributed by atoms with van der Waals surface area (Å²) in [4.78, 5) is 11.3. The number of rotatable bonds is 7. The quantitative estimate of drug-likeness (QED) is 0.443. The summed E-state index contributed by atoms with van der Waals surface area (Å²) in [7, 11) is 0. The molecule has 5 heteroatoms. The minimum Gasteiger partial charge on any atom is -0.493 e. The van der Waals surface area contributed by atoms with Gasteiger partial charge in [-0.05, 0) is 73.5 Å². The third-order valence-electron chi connectivity index (χ3n) is 5.06. The molecule has 0 saturated heterocycles. The number of Topliss-reactive ketones (excluding diaryl/α,β-unsaturated/α-hetero) is 1. The maximum Gasteiger partial charge on any atom is 0.133 e. The van der Waals surface area contributed by atoms with Crippen LogP contribution in [0.25, 0.3) is 11.1 Å². The topological polar surface area (TPSA) is 35.5 Å². The van der Waals surface area contributed by atoms with E-state index in [4.69, 9.17) is 21.1 Å². The van der Waals surface area contributed by atoms with Crippen molar-refractivity contribution in [2.24, 2.45) is 11.8 Å². The number of ether oxygens (including phenoxy) is 2. The molecule has 0 spiro atoms. The van der Waals surface area contributed by atoms with Gasteiger partial charge in [0, 0.05) is 22.4 Å². The predicted molar refractivity (Wildman–Crippen MR) is 111 cm³/mol. The lowest BCUT2D eigenvalue weighted by atomic mass is 10.0. The Hall–Kier alpha value is -2.85. The number of carbonyl (C=O) groups is 1. The molecule has 0 radical (unpaired) electrons. The van der Waals surface area contributed by atoms with Gasteiger partial charge in [-0.15, -0.1) is 0 Å². The van der Waals surface area contributed by atoms with Crippen LogP contribution < -0.4 is 9.47 Å². The summed E-state index contributed by atoms with van der Waals surface area (Å²) in [5, 5.41) is 0.623. The van der Waals surface area contributed by atoms with Crippen LogP contribution in [0.3, 0.4) is 0 Å². The van der Waals surface area contributed by atoms with E-state index in [1.165, 1.54) is 6.07 Å². The van der Waals surface area contributed by atoms with E-state index >= 15 is 0 Å². The van der Waals surface area contributed by atoms with Crippen molar-refractivity contribution in [1.82, 2.24) is 0 Å². The van der Waals surface area contributed by atoms with E-state index in [-0.39, 0.29) is 17.5 Å². The van der Waals surface area contributed by atoms with E-state index in [0.29, 0.717) is 40.4 Å². The monoisotopic (exact) mass is 410 g/mol. The Balaban J connectivity index is 1.44.